The van der Waals surface area contributed by atoms with E-state index in [2.05, 4.69) is 9.97 Å². The van der Waals surface area contributed by atoms with E-state index < -0.39 is 5.82 Å². The molecule has 0 spiro atoms. The summed E-state index contributed by atoms with van der Waals surface area (Å²) in [7, 11) is 0. The number of hydrogen-bond acceptors (Lipinski definition) is 5. The van der Waals surface area contributed by atoms with Crippen LogP contribution in [0.1, 0.15) is 11.3 Å². The maximum absolute atomic E-state index is 14.0. The number of phenolic OH excluding ortho intramolecular Hbond substituents is 1. The van der Waals surface area contributed by atoms with E-state index in [0.29, 0.717) is 22.7 Å². The van der Waals surface area contributed by atoms with Crippen molar-refractivity contribution in [3.05, 3.63) is 88.8 Å². The molecule has 0 unspecified atom stereocenters. The number of anilines is 1. The lowest BCUT2D eigenvalue weighted by Crippen LogP contribution is -2.03. The molecule has 0 bridgehead atoms. The van der Waals surface area contributed by atoms with Gasteiger partial charge < -0.3 is 15.6 Å². The number of hydrogen-bond donors (Lipinski definition) is 2. The second-order valence-electron chi connectivity index (χ2n) is 6.92. The van der Waals surface area contributed by atoms with Crippen molar-refractivity contribution in [3.8, 4) is 33.9 Å². The van der Waals surface area contributed by atoms with Crippen molar-refractivity contribution in [2.75, 3.05) is 5.73 Å². The third kappa shape index (κ3) is 4.29. The molecule has 3 N–H and O–H groups in total. The Labute approximate surface area is 183 Å². The van der Waals surface area contributed by atoms with E-state index in [0.717, 1.165) is 11.1 Å². The highest BCUT2D eigenvalue weighted by molar-refractivity contribution is 6.31. The Morgan fingerprint density at radius 3 is 2.52 bits per heavy atom. The summed E-state index contributed by atoms with van der Waals surface area (Å²) in [6, 6.07) is 18.9. The Balaban J connectivity index is 1.69. The summed E-state index contributed by atoms with van der Waals surface area (Å²) in [5, 5.41) is 11.0. The number of nitrogens with two attached hydrogens (primary N) is 1. The number of nitrogen functional groups attached to an aromatic ring is 1. The average Bonchev–Trinajstić information content (AvgIpc) is 2.73. The van der Waals surface area contributed by atoms with E-state index in [1.165, 1.54) is 18.2 Å². The number of benzene rings is 3. The van der Waals surface area contributed by atoms with E-state index in [-0.39, 0.29) is 28.9 Å². The zero-order chi connectivity index (χ0) is 22.0. The molecule has 7 heteroatoms. The first-order valence-electron chi connectivity index (χ1n) is 9.52. The molecule has 0 aliphatic heterocycles. The van der Waals surface area contributed by atoms with E-state index in [1.807, 2.05) is 37.3 Å². The molecule has 0 saturated heterocycles. The van der Waals surface area contributed by atoms with Gasteiger partial charge in [0.2, 0.25) is 5.95 Å². The van der Waals surface area contributed by atoms with Gasteiger partial charge in [-0.05, 0) is 36.8 Å². The van der Waals surface area contributed by atoms with Crippen LogP contribution in [-0.2, 0) is 6.61 Å². The molecule has 5 nitrogen and oxygen atoms in total. The predicted octanol–water partition coefficient (Wildman–Crippen LogP) is 5.78. The zero-order valence-electron chi connectivity index (χ0n) is 16.6. The molecular weight excluding hydrogens is 417 g/mol. The Morgan fingerprint density at radius 2 is 1.81 bits per heavy atom. The molecule has 1 aromatic heterocycles. The van der Waals surface area contributed by atoms with Crippen LogP contribution in [0.3, 0.4) is 0 Å². The topological polar surface area (TPSA) is 81.3 Å². The van der Waals surface area contributed by atoms with Crippen LogP contribution in [0.25, 0.3) is 22.4 Å². The molecular formula is C24H19ClFN3O2. The highest BCUT2D eigenvalue weighted by atomic mass is 35.5. The molecule has 4 rings (SSSR count). The molecule has 0 amide bonds. The van der Waals surface area contributed by atoms with Crippen molar-refractivity contribution in [2.45, 2.75) is 13.5 Å². The summed E-state index contributed by atoms with van der Waals surface area (Å²) >= 11 is 6.04. The molecule has 1 heterocycles. The van der Waals surface area contributed by atoms with E-state index in [9.17, 15) is 9.50 Å². The molecule has 0 saturated carbocycles. The Hall–Kier alpha value is -3.64. The van der Waals surface area contributed by atoms with Crippen LogP contribution >= 0.6 is 11.6 Å². The van der Waals surface area contributed by atoms with Crippen LogP contribution in [0.5, 0.6) is 11.5 Å². The molecule has 0 fully saturated rings. The summed E-state index contributed by atoms with van der Waals surface area (Å²) in [6.45, 7) is 1.77. The first-order chi connectivity index (χ1) is 14.9. The first kappa shape index (κ1) is 20.6. The molecule has 4 aromatic rings. The maximum atomic E-state index is 14.0. The van der Waals surface area contributed by atoms with Crippen molar-refractivity contribution in [2.24, 2.45) is 0 Å². The van der Waals surface area contributed by atoms with Gasteiger partial charge in [0.1, 0.15) is 23.9 Å². The predicted molar refractivity (Wildman–Crippen MR) is 119 cm³/mol. The van der Waals surface area contributed by atoms with Gasteiger partial charge >= 0.3 is 0 Å². The first-order valence-corrected chi connectivity index (χ1v) is 9.90. The summed E-state index contributed by atoms with van der Waals surface area (Å²) in [5.74, 6) is -0.0266. The normalized spacial score (nSPS) is 10.8. The minimum atomic E-state index is -0.451. The SMILES string of the molecule is Cc1nc(N)nc(-c2ccc(OCc3c(F)cccc3Cl)cc2O)c1-c1ccccc1. The third-order valence-corrected chi connectivity index (χ3v) is 5.19. The third-order valence-electron chi connectivity index (χ3n) is 4.84. The summed E-state index contributed by atoms with van der Waals surface area (Å²) in [5.41, 5.74) is 9.50. The van der Waals surface area contributed by atoms with Gasteiger partial charge in [0.15, 0.2) is 0 Å². The van der Waals surface area contributed by atoms with Crippen LogP contribution in [0, 0.1) is 12.7 Å². The minimum Gasteiger partial charge on any atom is -0.507 e. The molecule has 0 aliphatic rings. The fourth-order valence-electron chi connectivity index (χ4n) is 3.37. The van der Waals surface area contributed by atoms with E-state index in [4.69, 9.17) is 22.1 Å². The number of phenols is 1. The lowest BCUT2D eigenvalue weighted by molar-refractivity contribution is 0.298. The van der Waals surface area contributed by atoms with Gasteiger partial charge in [-0.15, -0.1) is 0 Å². The van der Waals surface area contributed by atoms with E-state index >= 15 is 0 Å². The lowest BCUT2D eigenvalue weighted by Gasteiger charge is -2.15. The molecule has 3 aromatic carbocycles. The smallest absolute Gasteiger partial charge is 0.220 e. The molecule has 31 heavy (non-hydrogen) atoms. The Kier molecular flexibility index (Phi) is 5.73. The molecule has 0 atom stereocenters. The van der Waals surface area contributed by atoms with Gasteiger partial charge in [-0.25, -0.2) is 14.4 Å². The maximum Gasteiger partial charge on any atom is 0.220 e. The number of aryl methyl sites for hydroxylation is 1. The number of halogens is 2. The minimum absolute atomic E-state index is 0.0492. The van der Waals surface area contributed by atoms with E-state index in [1.54, 1.807) is 18.2 Å². The van der Waals surface area contributed by atoms with Crippen LogP contribution in [0.15, 0.2) is 66.7 Å². The fraction of sp³-hybridized carbons (Fsp3) is 0.0833. The van der Waals surface area contributed by atoms with Crippen LogP contribution in [0.2, 0.25) is 5.02 Å². The molecule has 0 radical (unpaired) electrons. The standard InChI is InChI=1S/C24H19ClFN3O2/c1-14-22(15-6-3-2-4-7-15)23(29-24(27)28-14)17-11-10-16(12-21(17)30)31-13-18-19(25)8-5-9-20(18)26/h2-12,30H,13H2,1H3,(H2,27,28,29). The summed E-state index contributed by atoms with van der Waals surface area (Å²) in [4.78, 5) is 8.66. The highest BCUT2D eigenvalue weighted by Crippen LogP contribution is 2.39. The Morgan fingerprint density at radius 1 is 1.03 bits per heavy atom. The van der Waals surface area contributed by atoms with Crippen LogP contribution < -0.4 is 10.5 Å². The number of ether oxygens (including phenoxy) is 1. The average molecular weight is 436 g/mol. The second-order valence-corrected chi connectivity index (χ2v) is 7.33. The number of aromatic hydroxyl groups is 1. The number of aromatic nitrogens is 2. The lowest BCUT2D eigenvalue weighted by atomic mass is 9.97. The summed E-state index contributed by atoms with van der Waals surface area (Å²) in [6.07, 6.45) is 0. The Bertz CT molecular complexity index is 1230. The van der Waals surface area contributed by atoms with Crippen molar-refractivity contribution in [3.63, 3.8) is 0 Å². The van der Waals surface area contributed by atoms with Crippen molar-refractivity contribution in [1.82, 2.24) is 9.97 Å². The van der Waals surface area contributed by atoms with Gasteiger partial charge in [-0.1, -0.05) is 48.0 Å². The van der Waals surface area contributed by atoms with Crippen molar-refractivity contribution < 1.29 is 14.2 Å². The number of nitrogens with zero attached hydrogens (tertiary/aromatic N) is 2. The largest absolute Gasteiger partial charge is 0.507 e. The zero-order valence-corrected chi connectivity index (χ0v) is 17.4. The van der Waals surface area contributed by atoms with Crippen LogP contribution in [0.4, 0.5) is 10.3 Å². The monoisotopic (exact) mass is 435 g/mol. The van der Waals surface area contributed by atoms with Gasteiger partial charge in [0, 0.05) is 22.8 Å². The number of rotatable bonds is 5. The van der Waals surface area contributed by atoms with Gasteiger partial charge in [0.25, 0.3) is 0 Å². The van der Waals surface area contributed by atoms with Gasteiger partial charge in [0.05, 0.1) is 16.4 Å². The fourth-order valence-corrected chi connectivity index (χ4v) is 3.58. The molecule has 0 aliphatic carbocycles. The second kappa shape index (κ2) is 8.62. The summed E-state index contributed by atoms with van der Waals surface area (Å²) < 4.78 is 19.6. The van der Waals surface area contributed by atoms with Crippen LogP contribution in [-0.4, -0.2) is 15.1 Å². The molecule has 156 valence electrons. The van der Waals surface area contributed by atoms with Gasteiger partial charge in [-0.2, -0.15) is 0 Å². The quantitative estimate of drug-likeness (QED) is 0.415. The van der Waals surface area contributed by atoms with Gasteiger partial charge in [-0.3, -0.25) is 0 Å². The van der Waals surface area contributed by atoms with Crippen molar-refractivity contribution >= 4 is 17.5 Å². The highest BCUT2D eigenvalue weighted by Gasteiger charge is 2.18. The van der Waals surface area contributed by atoms with Crippen molar-refractivity contribution in [1.29, 1.82) is 0 Å².